The minimum Gasteiger partial charge on any atom is -0.327 e. The fourth-order valence-corrected chi connectivity index (χ4v) is 4.52. The second-order valence-electron chi connectivity index (χ2n) is 7.01. The smallest absolute Gasteiger partial charge is 0.254 e. The number of hydrogen-bond donors (Lipinski definition) is 1. The van der Waals surface area contributed by atoms with Crippen molar-refractivity contribution >= 4 is 38.5 Å². The summed E-state index contributed by atoms with van der Waals surface area (Å²) in [5, 5.41) is 3.44. The van der Waals surface area contributed by atoms with Gasteiger partial charge in [0.05, 0.1) is 10.2 Å². The Hall–Kier alpha value is -3.59. The first-order chi connectivity index (χ1) is 14.7. The lowest BCUT2D eigenvalue weighted by Crippen LogP contribution is -2.43. The van der Waals surface area contributed by atoms with Crippen molar-refractivity contribution in [3.8, 4) is 5.82 Å². The van der Waals surface area contributed by atoms with Crippen LogP contribution in [0.25, 0.3) is 16.0 Å². The molecule has 3 aromatic heterocycles. The predicted molar refractivity (Wildman–Crippen MR) is 114 cm³/mol. The predicted octanol–water partition coefficient (Wildman–Crippen LogP) is 3.12. The van der Waals surface area contributed by atoms with Crippen molar-refractivity contribution in [2.75, 3.05) is 11.9 Å². The van der Waals surface area contributed by atoms with Crippen molar-refractivity contribution in [1.29, 1.82) is 0 Å². The number of para-hydroxylation sites is 1. The number of carbonyl (C=O) groups excluding carboxylic acids is 2. The van der Waals surface area contributed by atoms with Gasteiger partial charge in [0.2, 0.25) is 5.91 Å². The number of pyridine rings is 1. The van der Waals surface area contributed by atoms with E-state index in [1.807, 2.05) is 24.3 Å². The maximum Gasteiger partial charge on any atom is 0.254 e. The molecular weight excluding hydrogens is 400 g/mol. The maximum atomic E-state index is 13.2. The molecule has 1 saturated heterocycles. The number of carbonyl (C=O) groups is 2. The lowest BCUT2D eigenvalue weighted by molar-refractivity contribution is -0.119. The zero-order valence-electron chi connectivity index (χ0n) is 15.9. The molecule has 1 atom stereocenters. The minimum absolute atomic E-state index is 0.180. The lowest BCUT2D eigenvalue weighted by atomic mass is 10.1. The number of imidazole rings is 1. The van der Waals surface area contributed by atoms with Gasteiger partial charge in [-0.05, 0) is 37.1 Å². The van der Waals surface area contributed by atoms with Gasteiger partial charge in [-0.3, -0.25) is 14.2 Å². The molecule has 1 aliphatic rings. The number of hydrogen-bond acceptors (Lipinski definition) is 6. The van der Waals surface area contributed by atoms with Crippen LogP contribution in [0.1, 0.15) is 23.2 Å². The first-order valence-corrected chi connectivity index (χ1v) is 10.4. The molecule has 30 heavy (non-hydrogen) atoms. The summed E-state index contributed by atoms with van der Waals surface area (Å²) < 4.78 is 2.74. The summed E-state index contributed by atoms with van der Waals surface area (Å²) >= 11 is 1.43. The highest BCUT2D eigenvalue weighted by atomic mass is 32.1. The average molecular weight is 418 g/mol. The molecule has 1 aliphatic heterocycles. The Labute approximate surface area is 176 Å². The van der Waals surface area contributed by atoms with E-state index in [1.54, 1.807) is 46.5 Å². The van der Waals surface area contributed by atoms with Crippen LogP contribution in [0, 0.1) is 0 Å². The molecule has 5 rings (SSSR count). The van der Waals surface area contributed by atoms with E-state index < -0.39 is 6.04 Å². The normalized spacial score (nSPS) is 16.1. The number of aromatic nitrogens is 4. The molecule has 1 aromatic carbocycles. The first kappa shape index (κ1) is 18.4. The van der Waals surface area contributed by atoms with Crippen molar-refractivity contribution in [3.63, 3.8) is 0 Å². The number of thiazole rings is 1. The molecule has 4 aromatic rings. The molecule has 1 unspecified atom stereocenters. The topological polar surface area (TPSA) is 93.0 Å². The van der Waals surface area contributed by atoms with Gasteiger partial charge in [0, 0.05) is 30.7 Å². The largest absolute Gasteiger partial charge is 0.327 e. The van der Waals surface area contributed by atoms with Gasteiger partial charge in [0.25, 0.3) is 5.91 Å². The third-order valence-electron chi connectivity index (χ3n) is 5.10. The van der Waals surface area contributed by atoms with Crippen molar-refractivity contribution in [2.24, 2.45) is 0 Å². The van der Waals surface area contributed by atoms with Crippen LogP contribution < -0.4 is 5.32 Å². The van der Waals surface area contributed by atoms with E-state index in [2.05, 4.69) is 20.3 Å². The van der Waals surface area contributed by atoms with E-state index in [4.69, 9.17) is 0 Å². The number of benzene rings is 1. The van der Waals surface area contributed by atoms with E-state index in [1.165, 1.54) is 11.3 Å². The van der Waals surface area contributed by atoms with Crippen LogP contribution in [0.5, 0.6) is 0 Å². The zero-order valence-corrected chi connectivity index (χ0v) is 16.7. The minimum atomic E-state index is -0.519. The molecule has 2 amide bonds. The van der Waals surface area contributed by atoms with E-state index in [9.17, 15) is 9.59 Å². The van der Waals surface area contributed by atoms with E-state index in [-0.39, 0.29) is 11.8 Å². The average Bonchev–Trinajstić information content (AvgIpc) is 3.53. The monoisotopic (exact) mass is 418 g/mol. The number of fused-ring (bicyclic) bond motifs is 1. The number of rotatable bonds is 4. The Morgan fingerprint density at radius 1 is 1.17 bits per heavy atom. The summed E-state index contributed by atoms with van der Waals surface area (Å²) in [6, 6.07) is 10.6. The molecule has 1 N–H and O–H groups in total. The number of amides is 2. The second kappa shape index (κ2) is 7.68. The highest BCUT2D eigenvalue weighted by molar-refractivity contribution is 7.22. The van der Waals surface area contributed by atoms with Crippen molar-refractivity contribution in [1.82, 2.24) is 24.4 Å². The Kier molecular flexibility index (Phi) is 4.72. The Morgan fingerprint density at radius 3 is 2.90 bits per heavy atom. The van der Waals surface area contributed by atoms with Crippen LogP contribution in [-0.2, 0) is 4.79 Å². The van der Waals surface area contributed by atoms with Crippen LogP contribution in [-0.4, -0.2) is 48.8 Å². The quantitative estimate of drug-likeness (QED) is 0.550. The molecule has 150 valence electrons. The molecule has 0 radical (unpaired) electrons. The molecule has 0 bridgehead atoms. The third-order valence-corrected chi connectivity index (χ3v) is 6.05. The number of nitrogens with zero attached hydrogens (tertiary/aromatic N) is 5. The third kappa shape index (κ3) is 3.43. The molecule has 1 fully saturated rings. The van der Waals surface area contributed by atoms with Gasteiger partial charge in [0.1, 0.15) is 18.2 Å². The molecule has 8 nitrogen and oxygen atoms in total. The summed E-state index contributed by atoms with van der Waals surface area (Å²) in [5.41, 5.74) is 1.34. The van der Waals surface area contributed by atoms with Gasteiger partial charge in [-0.15, -0.1) is 0 Å². The van der Waals surface area contributed by atoms with Crippen molar-refractivity contribution in [2.45, 2.75) is 18.9 Å². The lowest BCUT2D eigenvalue weighted by Gasteiger charge is -2.23. The van der Waals surface area contributed by atoms with Crippen molar-refractivity contribution in [3.05, 3.63) is 66.9 Å². The van der Waals surface area contributed by atoms with Gasteiger partial charge in [0.15, 0.2) is 5.13 Å². The molecule has 0 spiro atoms. The molecule has 4 heterocycles. The highest BCUT2D eigenvalue weighted by Gasteiger charge is 2.35. The molecule has 9 heteroatoms. The van der Waals surface area contributed by atoms with Crippen LogP contribution in [0.3, 0.4) is 0 Å². The molecule has 0 saturated carbocycles. The van der Waals surface area contributed by atoms with Gasteiger partial charge in [-0.2, -0.15) is 0 Å². The van der Waals surface area contributed by atoms with E-state index >= 15 is 0 Å². The second-order valence-corrected chi connectivity index (χ2v) is 8.04. The summed E-state index contributed by atoms with van der Waals surface area (Å²) in [6.07, 6.45) is 8.04. The van der Waals surface area contributed by atoms with Crippen LogP contribution in [0.15, 0.2) is 61.3 Å². The first-order valence-electron chi connectivity index (χ1n) is 9.61. The summed E-state index contributed by atoms with van der Waals surface area (Å²) in [7, 11) is 0. The van der Waals surface area contributed by atoms with Gasteiger partial charge < -0.3 is 10.2 Å². The summed E-state index contributed by atoms with van der Waals surface area (Å²) in [5.74, 6) is 0.220. The maximum absolute atomic E-state index is 13.2. The van der Waals surface area contributed by atoms with Gasteiger partial charge in [-0.1, -0.05) is 23.5 Å². The highest BCUT2D eigenvalue weighted by Crippen LogP contribution is 2.27. The van der Waals surface area contributed by atoms with Gasteiger partial charge >= 0.3 is 0 Å². The Bertz CT molecular complexity index is 1190. The number of likely N-dealkylation sites (tertiary alicyclic amines) is 1. The number of anilines is 1. The summed E-state index contributed by atoms with van der Waals surface area (Å²) in [6.45, 7) is 0.541. The van der Waals surface area contributed by atoms with Crippen LogP contribution in [0.2, 0.25) is 0 Å². The van der Waals surface area contributed by atoms with Crippen molar-refractivity contribution < 1.29 is 9.59 Å². The Morgan fingerprint density at radius 2 is 2.07 bits per heavy atom. The van der Waals surface area contributed by atoms with Crippen LogP contribution >= 0.6 is 11.3 Å². The SMILES string of the molecule is O=C(Nc1nc2ccccc2s1)C1CCCN1C(=O)c1ccnc(-n2ccnc2)c1. The fourth-order valence-electron chi connectivity index (χ4n) is 3.65. The zero-order chi connectivity index (χ0) is 20.5. The Balaban J connectivity index is 1.35. The van der Waals surface area contributed by atoms with E-state index in [0.717, 1.165) is 16.6 Å². The van der Waals surface area contributed by atoms with Gasteiger partial charge in [-0.25, -0.2) is 15.0 Å². The standard InChI is InChI=1S/C21H18N6O2S/c28-19(25-21-24-15-4-1-2-6-17(15)30-21)16-5-3-10-27(16)20(29)14-7-8-23-18(12-14)26-11-9-22-13-26/h1-2,4,6-9,11-13,16H,3,5,10H2,(H,24,25,28). The molecule has 0 aliphatic carbocycles. The van der Waals surface area contributed by atoms with Crippen LogP contribution in [0.4, 0.5) is 5.13 Å². The number of nitrogens with one attached hydrogen (secondary N) is 1. The molecular formula is C21H18N6O2S. The van der Waals surface area contributed by atoms with E-state index in [0.29, 0.717) is 29.5 Å². The summed E-state index contributed by atoms with van der Waals surface area (Å²) in [4.78, 5) is 40.5. The fraction of sp³-hybridized carbons (Fsp3) is 0.190.